The Bertz CT molecular complexity index is 319. The van der Waals surface area contributed by atoms with Gasteiger partial charge in [0, 0.05) is 39.8 Å². The van der Waals surface area contributed by atoms with Gasteiger partial charge in [-0.2, -0.15) is 0 Å². The van der Waals surface area contributed by atoms with Gasteiger partial charge in [-0.1, -0.05) is 13.8 Å². The van der Waals surface area contributed by atoms with Gasteiger partial charge in [0.2, 0.25) is 0 Å². The molecule has 1 amide bonds. The molecule has 0 unspecified atom stereocenters. The Hall–Kier alpha value is -0.650. The number of rotatable bonds is 4. The van der Waals surface area contributed by atoms with Crippen molar-refractivity contribution in [1.82, 2.24) is 15.1 Å². The van der Waals surface area contributed by atoms with Crippen molar-refractivity contribution < 1.29 is 9.53 Å². The minimum absolute atomic E-state index is 0.200. The van der Waals surface area contributed by atoms with Crippen molar-refractivity contribution in [1.29, 1.82) is 0 Å². The molecule has 116 valence electrons. The maximum absolute atomic E-state index is 12.8. The third-order valence-corrected chi connectivity index (χ3v) is 4.47. The third kappa shape index (κ3) is 3.51. The number of carbonyl (C=O) groups excluding carboxylic acids is 1. The number of hydrogen-bond acceptors (Lipinski definition) is 4. The predicted octanol–water partition coefficient (Wildman–Crippen LogP) is 0.555. The molecule has 1 N–H and O–H groups in total. The van der Waals surface area contributed by atoms with Crippen LogP contribution in [-0.2, 0) is 9.53 Å². The normalized spacial score (nSPS) is 24.1. The molecule has 0 aromatic carbocycles. The second-order valence-electron chi connectivity index (χ2n) is 6.44. The summed E-state index contributed by atoms with van der Waals surface area (Å²) < 4.78 is 5.64. The van der Waals surface area contributed by atoms with E-state index in [2.05, 4.69) is 24.1 Å². The van der Waals surface area contributed by atoms with Gasteiger partial charge in [0.25, 0.3) is 5.91 Å². The predicted molar refractivity (Wildman–Crippen MR) is 79.7 cm³/mol. The van der Waals surface area contributed by atoms with Crippen molar-refractivity contribution in [2.75, 3.05) is 52.9 Å². The number of nitrogens with one attached hydrogen (secondary N) is 1. The molecule has 0 saturated carbocycles. The van der Waals surface area contributed by atoms with E-state index in [-0.39, 0.29) is 5.91 Å². The number of methoxy groups -OCH3 is 1. The smallest absolute Gasteiger partial charge is 0.254 e. The number of hydrogen-bond donors (Lipinski definition) is 1. The number of nitrogens with zero attached hydrogens (tertiary/aromatic N) is 2. The molecule has 20 heavy (non-hydrogen) atoms. The average molecular weight is 283 g/mol. The quantitative estimate of drug-likeness (QED) is 0.819. The van der Waals surface area contributed by atoms with E-state index in [9.17, 15) is 4.79 Å². The number of piperazine rings is 1. The van der Waals surface area contributed by atoms with Crippen LogP contribution in [-0.4, -0.2) is 74.2 Å². The van der Waals surface area contributed by atoms with E-state index in [1.165, 1.54) is 0 Å². The van der Waals surface area contributed by atoms with Crippen molar-refractivity contribution in [3.8, 4) is 0 Å². The van der Waals surface area contributed by atoms with Crippen LogP contribution in [0, 0.1) is 5.92 Å². The van der Waals surface area contributed by atoms with Crippen molar-refractivity contribution in [2.24, 2.45) is 5.92 Å². The first-order chi connectivity index (χ1) is 9.57. The third-order valence-electron chi connectivity index (χ3n) is 4.47. The fourth-order valence-electron chi connectivity index (χ4n) is 3.27. The van der Waals surface area contributed by atoms with Crippen molar-refractivity contribution in [3.63, 3.8) is 0 Å². The number of amides is 1. The van der Waals surface area contributed by atoms with E-state index in [4.69, 9.17) is 4.74 Å². The zero-order valence-corrected chi connectivity index (χ0v) is 13.2. The van der Waals surface area contributed by atoms with Crippen LogP contribution in [0.3, 0.4) is 0 Å². The van der Waals surface area contributed by atoms with Crippen LogP contribution in [0.4, 0.5) is 0 Å². The Balaban J connectivity index is 1.90. The fraction of sp³-hybridized carbons (Fsp3) is 0.933. The maximum Gasteiger partial charge on any atom is 0.254 e. The van der Waals surface area contributed by atoms with Crippen LogP contribution in [0.25, 0.3) is 0 Å². The highest BCUT2D eigenvalue weighted by Gasteiger charge is 2.42. The SMILES string of the molecule is COC1(C(=O)N2CCN(CC(C)C)CC2)CCNCC1. The summed E-state index contributed by atoms with van der Waals surface area (Å²) in [6.45, 7) is 11.0. The molecule has 2 aliphatic rings. The summed E-state index contributed by atoms with van der Waals surface area (Å²) in [7, 11) is 1.68. The molecule has 0 bridgehead atoms. The minimum atomic E-state index is -0.578. The van der Waals surface area contributed by atoms with E-state index in [0.717, 1.165) is 58.7 Å². The zero-order chi connectivity index (χ0) is 14.6. The molecular weight excluding hydrogens is 254 g/mol. The number of ether oxygens (including phenoxy) is 1. The molecule has 2 saturated heterocycles. The number of piperidine rings is 1. The summed E-state index contributed by atoms with van der Waals surface area (Å²) in [5, 5.41) is 3.30. The van der Waals surface area contributed by atoms with Gasteiger partial charge in [0.15, 0.2) is 0 Å². The highest BCUT2D eigenvalue weighted by Crippen LogP contribution is 2.25. The Morgan fingerprint density at radius 1 is 1.20 bits per heavy atom. The lowest BCUT2D eigenvalue weighted by atomic mass is 9.90. The second kappa shape index (κ2) is 6.87. The molecule has 5 nitrogen and oxygen atoms in total. The van der Waals surface area contributed by atoms with Gasteiger partial charge in [-0.15, -0.1) is 0 Å². The van der Waals surface area contributed by atoms with Crippen molar-refractivity contribution in [2.45, 2.75) is 32.3 Å². The molecule has 2 rings (SSSR count). The summed E-state index contributed by atoms with van der Waals surface area (Å²) in [4.78, 5) is 17.2. The van der Waals surface area contributed by atoms with Gasteiger partial charge in [0.05, 0.1) is 0 Å². The molecule has 0 aromatic heterocycles. The Morgan fingerprint density at radius 2 is 1.80 bits per heavy atom. The molecule has 0 aromatic rings. The summed E-state index contributed by atoms with van der Waals surface area (Å²) in [6.07, 6.45) is 1.57. The first kappa shape index (κ1) is 15.7. The summed E-state index contributed by atoms with van der Waals surface area (Å²) in [5.41, 5.74) is -0.578. The first-order valence-electron chi connectivity index (χ1n) is 7.85. The second-order valence-corrected chi connectivity index (χ2v) is 6.44. The lowest BCUT2D eigenvalue weighted by Gasteiger charge is -2.42. The molecule has 5 heteroatoms. The summed E-state index contributed by atoms with van der Waals surface area (Å²) in [6, 6.07) is 0. The van der Waals surface area contributed by atoms with Gasteiger partial charge in [-0.3, -0.25) is 9.69 Å². The van der Waals surface area contributed by atoms with Gasteiger partial charge in [-0.25, -0.2) is 0 Å². The maximum atomic E-state index is 12.8. The Labute approximate surface area is 122 Å². The van der Waals surface area contributed by atoms with Crippen LogP contribution in [0.2, 0.25) is 0 Å². The lowest BCUT2D eigenvalue weighted by Crippen LogP contribution is -2.59. The van der Waals surface area contributed by atoms with Crippen molar-refractivity contribution in [3.05, 3.63) is 0 Å². The number of carbonyl (C=O) groups is 1. The molecule has 0 spiro atoms. The van der Waals surface area contributed by atoms with Gasteiger partial charge < -0.3 is 15.0 Å². The summed E-state index contributed by atoms with van der Waals surface area (Å²) >= 11 is 0. The van der Waals surface area contributed by atoms with Crippen molar-refractivity contribution >= 4 is 5.91 Å². The fourth-order valence-corrected chi connectivity index (χ4v) is 3.27. The molecule has 0 radical (unpaired) electrons. The van der Waals surface area contributed by atoms with Crippen LogP contribution < -0.4 is 5.32 Å². The highest BCUT2D eigenvalue weighted by atomic mass is 16.5. The molecule has 0 atom stereocenters. The van der Waals surface area contributed by atoms with E-state index in [0.29, 0.717) is 5.92 Å². The first-order valence-corrected chi connectivity index (χ1v) is 7.85. The van der Waals surface area contributed by atoms with E-state index < -0.39 is 5.60 Å². The standard InChI is InChI=1S/C15H29N3O2/c1-13(2)12-17-8-10-18(11-9-17)14(19)15(20-3)4-6-16-7-5-15/h13,16H,4-12H2,1-3H3. The Morgan fingerprint density at radius 3 is 2.30 bits per heavy atom. The van der Waals surface area contributed by atoms with Crippen LogP contribution >= 0.6 is 0 Å². The highest BCUT2D eigenvalue weighted by molar-refractivity contribution is 5.85. The van der Waals surface area contributed by atoms with Crippen LogP contribution in [0.5, 0.6) is 0 Å². The topological polar surface area (TPSA) is 44.8 Å². The van der Waals surface area contributed by atoms with Gasteiger partial charge >= 0.3 is 0 Å². The van der Waals surface area contributed by atoms with Gasteiger partial charge in [-0.05, 0) is 31.8 Å². The average Bonchev–Trinajstić information content (AvgIpc) is 2.47. The minimum Gasteiger partial charge on any atom is -0.368 e. The molecule has 2 aliphatic heterocycles. The molecule has 2 fully saturated rings. The lowest BCUT2D eigenvalue weighted by molar-refractivity contribution is -0.160. The summed E-state index contributed by atoms with van der Waals surface area (Å²) in [5.74, 6) is 0.887. The van der Waals surface area contributed by atoms with E-state index in [1.807, 2.05) is 4.90 Å². The van der Waals surface area contributed by atoms with Crippen LogP contribution in [0.1, 0.15) is 26.7 Å². The van der Waals surface area contributed by atoms with Crippen LogP contribution in [0.15, 0.2) is 0 Å². The van der Waals surface area contributed by atoms with E-state index in [1.54, 1.807) is 7.11 Å². The largest absolute Gasteiger partial charge is 0.368 e. The van der Waals surface area contributed by atoms with Gasteiger partial charge in [0.1, 0.15) is 5.60 Å². The Kier molecular flexibility index (Phi) is 5.41. The monoisotopic (exact) mass is 283 g/mol. The molecule has 2 heterocycles. The van der Waals surface area contributed by atoms with E-state index >= 15 is 0 Å². The zero-order valence-electron chi connectivity index (χ0n) is 13.2. The molecule has 0 aliphatic carbocycles. The molecular formula is C15H29N3O2.